The first-order chi connectivity index (χ1) is 19.0. The third-order valence-corrected chi connectivity index (χ3v) is 7.87. The lowest BCUT2D eigenvalue weighted by Crippen LogP contribution is -2.33. The van der Waals surface area contributed by atoms with E-state index in [9.17, 15) is 4.79 Å². The molecule has 1 amide bonds. The molecule has 6 heteroatoms. The van der Waals surface area contributed by atoms with Crippen LogP contribution in [0, 0.1) is 19.8 Å². The number of nitrogens with zero attached hydrogens (tertiary/aromatic N) is 3. The molecule has 1 fully saturated rings. The van der Waals surface area contributed by atoms with Crippen molar-refractivity contribution in [3.05, 3.63) is 124 Å². The zero-order chi connectivity index (χ0) is 27.2. The van der Waals surface area contributed by atoms with E-state index in [0.29, 0.717) is 10.6 Å². The molecule has 1 N–H and O–H groups in total. The van der Waals surface area contributed by atoms with E-state index in [2.05, 4.69) is 68.5 Å². The van der Waals surface area contributed by atoms with Crippen LogP contribution in [0.1, 0.15) is 51.3 Å². The molecule has 0 radical (unpaired) electrons. The molecule has 5 rings (SSSR count). The summed E-state index contributed by atoms with van der Waals surface area (Å²) in [6, 6.07) is 28.5. The predicted molar refractivity (Wildman–Crippen MR) is 160 cm³/mol. The van der Waals surface area contributed by atoms with Crippen LogP contribution in [-0.2, 0) is 13.0 Å². The van der Waals surface area contributed by atoms with Crippen molar-refractivity contribution in [3.8, 4) is 5.69 Å². The van der Waals surface area contributed by atoms with Crippen molar-refractivity contribution in [3.63, 3.8) is 0 Å². The Kier molecular flexibility index (Phi) is 8.60. The van der Waals surface area contributed by atoms with Crippen LogP contribution in [0.3, 0.4) is 0 Å². The van der Waals surface area contributed by atoms with Crippen LogP contribution in [0.2, 0.25) is 5.02 Å². The molecule has 0 spiro atoms. The Morgan fingerprint density at radius 1 is 0.949 bits per heavy atom. The standard InChI is InChI=1S/C33H35ClN4O/c1-24-20-30(25(2)38(24)32-14-12-31(34)13-15-32)22-35-36-33(39)29-10-8-28(9-11-29)23-37-18-16-27(17-19-37)21-26-6-4-3-5-7-26/h3-15,20,22,27H,16-19,21,23H2,1-2H3,(H,36,39)/b35-22+. The maximum Gasteiger partial charge on any atom is 0.271 e. The Balaban J connectivity index is 1.11. The Morgan fingerprint density at radius 3 is 2.33 bits per heavy atom. The van der Waals surface area contributed by atoms with Gasteiger partial charge in [-0.25, -0.2) is 5.43 Å². The highest BCUT2D eigenvalue weighted by Gasteiger charge is 2.19. The molecule has 4 aromatic rings. The number of carbonyl (C=O) groups is 1. The summed E-state index contributed by atoms with van der Waals surface area (Å²) in [6.07, 6.45) is 5.34. The first kappa shape index (κ1) is 26.9. The van der Waals surface area contributed by atoms with Gasteiger partial charge in [-0.3, -0.25) is 9.69 Å². The summed E-state index contributed by atoms with van der Waals surface area (Å²) < 4.78 is 2.14. The van der Waals surface area contributed by atoms with E-state index >= 15 is 0 Å². The molecular weight excluding hydrogens is 504 g/mol. The second-order valence-corrected chi connectivity index (χ2v) is 10.9. The SMILES string of the molecule is Cc1cc(/C=N/NC(=O)c2ccc(CN3CCC(Cc4ccccc4)CC3)cc2)c(C)n1-c1ccc(Cl)cc1. The number of aromatic nitrogens is 1. The second-order valence-electron chi connectivity index (χ2n) is 10.4. The highest BCUT2D eigenvalue weighted by atomic mass is 35.5. The molecule has 1 aliphatic heterocycles. The van der Waals surface area contributed by atoms with Crippen molar-refractivity contribution < 1.29 is 4.79 Å². The largest absolute Gasteiger partial charge is 0.318 e. The Morgan fingerprint density at radius 2 is 1.64 bits per heavy atom. The van der Waals surface area contributed by atoms with Gasteiger partial charge in [0, 0.05) is 39.8 Å². The lowest BCUT2D eigenvalue weighted by atomic mass is 9.90. The zero-order valence-corrected chi connectivity index (χ0v) is 23.4. The van der Waals surface area contributed by atoms with Gasteiger partial charge in [0.1, 0.15) is 0 Å². The van der Waals surface area contributed by atoms with Gasteiger partial charge in [0.15, 0.2) is 0 Å². The van der Waals surface area contributed by atoms with Gasteiger partial charge in [0.05, 0.1) is 6.21 Å². The van der Waals surface area contributed by atoms with Gasteiger partial charge in [-0.1, -0.05) is 54.1 Å². The number of nitrogens with one attached hydrogen (secondary N) is 1. The van der Waals surface area contributed by atoms with Crippen molar-refractivity contribution in [1.29, 1.82) is 0 Å². The summed E-state index contributed by atoms with van der Waals surface area (Å²) in [5.74, 6) is 0.546. The normalized spacial score (nSPS) is 14.6. The molecule has 0 aliphatic carbocycles. The first-order valence-corrected chi connectivity index (χ1v) is 14.0. The van der Waals surface area contributed by atoms with Crippen LogP contribution in [0.25, 0.3) is 5.69 Å². The number of amides is 1. The average Bonchev–Trinajstić information content (AvgIpc) is 3.23. The van der Waals surface area contributed by atoms with Gasteiger partial charge in [0.25, 0.3) is 5.91 Å². The van der Waals surface area contributed by atoms with Crippen molar-refractivity contribution in [2.75, 3.05) is 13.1 Å². The summed E-state index contributed by atoms with van der Waals surface area (Å²) in [5, 5.41) is 4.93. The van der Waals surface area contributed by atoms with E-state index in [4.69, 9.17) is 11.6 Å². The van der Waals surface area contributed by atoms with Crippen LogP contribution in [0.15, 0.2) is 90.0 Å². The molecule has 0 saturated carbocycles. The molecule has 1 aliphatic rings. The van der Waals surface area contributed by atoms with Crippen molar-refractivity contribution in [1.82, 2.24) is 14.9 Å². The molecule has 200 valence electrons. The molecule has 1 aromatic heterocycles. The quantitative estimate of drug-likeness (QED) is 0.194. The summed E-state index contributed by atoms with van der Waals surface area (Å²) in [4.78, 5) is 15.2. The molecule has 0 bridgehead atoms. The number of rotatable bonds is 8. The van der Waals surface area contributed by atoms with Crippen molar-refractivity contribution >= 4 is 23.7 Å². The van der Waals surface area contributed by atoms with Gasteiger partial charge in [-0.05, 0) is 106 Å². The number of hydrogen-bond acceptors (Lipinski definition) is 3. The van der Waals surface area contributed by atoms with Crippen LogP contribution < -0.4 is 5.43 Å². The van der Waals surface area contributed by atoms with Gasteiger partial charge in [-0.15, -0.1) is 0 Å². The minimum Gasteiger partial charge on any atom is -0.318 e. The van der Waals surface area contributed by atoms with Gasteiger partial charge in [0.2, 0.25) is 0 Å². The van der Waals surface area contributed by atoms with Gasteiger partial charge in [-0.2, -0.15) is 5.10 Å². The number of piperidine rings is 1. The highest BCUT2D eigenvalue weighted by Crippen LogP contribution is 2.23. The van der Waals surface area contributed by atoms with Crippen LogP contribution >= 0.6 is 11.6 Å². The lowest BCUT2D eigenvalue weighted by molar-refractivity contribution is 0.0955. The van der Waals surface area contributed by atoms with Gasteiger partial charge >= 0.3 is 0 Å². The molecule has 39 heavy (non-hydrogen) atoms. The minimum absolute atomic E-state index is 0.217. The third kappa shape index (κ3) is 6.86. The average molecular weight is 539 g/mol. The number of benzene rings is 3. The van der Waals surface area contributed by atoms with E-state index in [1.54, 1.807) is 6.21 Å². The second kappa shape index (κ2) is 12.5. The topological polar surface area (TPSA) is 49.6 Å². The number of carbonyl (C=O) groups excluding carboxylic acids is 1. The number of halogens is 1. The third-order valence-electron chi connectivity index (χ3n) is 7.62. The smallest absolute Gasteiger partial charge is 0.271 e. The molecule has 2 heterocycles. The highest BCUT2D eigenvalue weighted by molar-refractivity contribution is 6.30. The van der Waals surface area contributed by atoms with Crippen LogP contribution in [-0.4, -0.2) is 34.7 Å². The van der Waals surface area contributed by atoms with E-state index in [-0.39, 0.29) is 5.91 Å². The summed E-state index contributed by atoms with van der Waals surface area (Å²) in [5.41, 5.74) is 10.1. The molecule has 1 saturated heterocycles. The zero-order valence-electron chi connectivity index (χ0n) is 22.6. The number of hydrazone groups is 1. The number of hydrogen-bond donors (Lipinski definition) is 1. The van der Waals surface area contributed by atoms with Crippen molar-refractivity contribution in [2.24, 2.45) is 11.0 Å². The van der Waals surface area contributed by atoms with Crippen LogP contribution in [0.5, 0.6) is 0 Å². The number of likely N-dealkylation sites (tertiary alicyclic amines) is 1. The number of aryl methyl sites for hydroxylation is 1. The predicted octanol–water partition coefficient (Wildman–Crippen LogP) is 6.97. The summed E-state index contributed by atoms with van der Waals surface area (Å²) >= 11 is 6.04. The van der Waals surface area contributed by atoms with Gasteiger partial charge < -0.3 is 4.57 Å². The molecular formula is C33H35ClN4O. The van der Waals surface area contributed by atoms with E-state index in [1.807, 2.05) is 50.2 Å². The summed E-state index contributed by atoms with van der Waals surface area (Å²) in [6.45, 7) is 7.24. The Bertz CT molecular complexity index is 1420. The fourth-order valence-electron chi connectivity index (χ4n) is 5.45. The monoisotopic (exact) mass is 538 g/mol. The molecule has 0 atom stereocenters. The minimum atomic E-state index is -0.217. The fraction of sp³-hybridized carbons (Fsp3) is 0.273. The van der Waals surface area contributed by atoms with Crippen molar-refractivity contribution in [2.45, 2.75) is 39.7 Å². The first-order valence-electron chi connectivity index (χ1n) is 13.6. The van der Waals surface area contributed by atoms with E-state index in [0.717, 1.165) is 48.2 Å². The van der Waals surface area contributed by atoms with Crippen LogP contribution in [0.4, 0.5) is 0 Å². The summed E-state index contributed by atoms with van der Waals surface area (Å²) in [7, 11) is 0. The lowest BCUT2D eigenvalue weighted by Gasteiger charge is -2.32. The van der Waals surface area contributed by atoms with E-state index in [1.165, 1.54) is 30.4 Å². The molecule has 0 unspecified atom stereocenters. The Hall–Kier alpha value is -3.67. The molecule has 5 nitrogen and oxygen atoms in total. The fourth-order valence-corrected chi connectivity index (χ4v) is 5.57. The Labute approximate surface area is 236 Å². The molecule has 3 aromatic carbocycles. The van der Waals surface area contributed by atoms with E-state index < -0.39 is 0 Å². The maximum atomic E-state index is 12.7. The maximum absolute atomic E-state index is 12.7.